The SMILES string of the molecule is Cc1nn(CCC#N)c(C)c1CCC(=O)Nc1cccc2ccccc12. The number of carbonyl (C=O) groups is 1. The van der Waals surface area contributed by atoms with Crippen molar-refractivity contribution in [3.63, 3.8) is 0 Å². The number of carbonyl (C=O) groups excluding carboxylic acids is 1. The number of nitriles is 1. The first-order chi connectivity index (χ1) is 12.6. The van der Waals surface area contributed by atoms with E-state index in [9.17, 15) is 4.79 Å². The van der Waals surface area contributed by atoms with Gasteiger partial charge in [0, 0.05) is 23.2 Å². The maximum Gasteiger partial charge on any atom is 0.224 e. The minimum absolute atomic E-state index is 0.00933. The number of aryl methyl sites for hydroxylation is 2. The molecular formula is C21H22N4O. The molecule has 0 aliphatic heterocycles. The summed E-state index contributed by atoms with van der Waals surface area (Å²) in [6, 6.07) is 16.1. The lowest BCUT2D eigenvalue weighted by atomic mass is 10.1. The average Bonchev–Trinajstić information content (AvgIpc) is 2.92. The van der Waals surface area contributed by atoms with Crippen molar-refractivity contribution in [1.82, 2.24) is 9.78 Å². The number of hydrogen-bond donors (Lipinski definition) is 1. The number of hydrogen-bond acceptors (Lipinski definition) is 3. The van der Waals surface area contributed by atoms with Crippen LogP contribution in [0.1, 0.15) is 29.8 Å². The first-order valence-corrected chi connectivity index (χ1v) is 8.77. The molecule has 1 heterocycles. The third kappa shape index (κ3) is 3.75. The smallest absolute Gasteiger partial charge is 0.224 e. The predicted octanol–water partition coefficient (Wildman–Crippen LogP) is 4.14. The molecule has 3 rings (SSSR count). The second-order valence-electron chi connectivity index (χ2n) is 6.36. The summed E-state index contributed by atoms with van der Waals surface area (Å²) in [4.78, 5) is 12.4. The van der Waals surface area contributed by atoms with Gasteiger partial charge in [0.2, 0.25) is 5.91 Å². The second-order valence-corrected chi connectivity index (χ2v) is 6.36. The van der Waals surface area contributed by atoms with Gasteiger partial charge < -0.3 is 5.32 Å². The Morgan fingerprint density at radius 3 is 2.77 bits per heavy atom. The Hall–Kier alpha value is -3.13. The quantitative estimate of drug-likeness (QED) is 0.729. The van der Waals surface area contributed by atoms with E-state index in [1.807, 2.05) is 61.0 Å². The average molecular weight is 346 g/mol. The van der Waals surface area contributed by atoms with Crippen LogP contribution in [-0.4, -0.2) is 15.7 Å². The largest absolute Gasteiger partial charge is 0.326 e. The summed E-state index contributed by atoms with van der Waals surface area (Å²) in [5.41, 5.74) is 3.90. The lowest BCUT2D eigenvalue weighted by Gasteiger charge is -2.09. The minimum Gasteiger partial charge on any atom is -0.326 e. The van der Waals surface area contributed by atoms with Crippen LogP contribution in [0.2, 0.25) is 0 Å². The fourth-order valence-electron chi connectivity index (χ4n) is 3.26. The topological polar surface area (TPSA) is 70.7 Å². The van der Waals surface area contributed by atoms with E-state index < -0.39 is 0 Å². The molecular weight excluding hydrogens is 324 g/mol. The molecule has 26 heavy (non-hydrogen) atoms. The summed E-state index contributed by atoms with van der Waals surface area (Å²) in [5.74, 6) is -0.00933. The van der Waals surface area contributed by atoms with Crippen LogP contribution in [-0.2, 0) is 17.8 Å². The standard InChI is InChI=1S/C21H22N4O/c1-15-18(16(2)25(24-15)14-6-13-22)11-12-21(26)23-20-10-5-8-17-7-3-4-9-19(17)20/h3-5,7-10H,6,11-12,14H2,1-2H3,(H,23,26). The lowest BCUT2D eigenvalue weighted by molar-refractivity contribution is -0.116. The summed E-state index contributed by atoms with van der Waals surface area (Å²) >= 11 is 0. The van der Waals surface area contributed by atoms with Gasteiger partial charge in [-0.25, -0.2) is 0 Å². The van der Waals surface area contributed by atoms with Crippen LogP contribution in [0.4, 0.5) is 5.69 Å². The van der Waals surface area contributed by atoms with E-state index in [1.165, 1.54) is 0 Å². The van der Waals surface area contributed by atoms with E-state index in [0.717, 1.165) is 33.4 Å². The van der Waals surface area contributed by atoms with E-state index in [-0.39, 0.29) is 5.91 Å². The van der Waals surface area contributed by atoms with Gasteiger partial charge in [0.05, 0.1) is 24.7 Å². The van der Waals surface area contributed by atoms with Crippen LogP contribution in [0.25, 0.3) is 10.8 Å². The Morgan fingerprint density at radius 2 is 1.96 bits per heavy atom. The molecule has 0 aliphatic rings. The molecule has 5 heteroatoms. The molecule has 0 fully saturated rings. The van der Waals surface area contributed by atoms with Crippen molar-refractivity contribution in [2.75, 3.05) is 5.32 Å². The first kappa shape index (κ1) is 17.7. The van der Waals surface area contributed by atoms with Crippen molar-refractivity contribution in [2.24, 2.45) is 0 Å². The fourth-order valence-corrected chi connectivity index (χ4v) is 3.26. The summed E-state index contributed by atoms with van der Waals surface area (Å²) in [7, 11) is 0. The van der Waals surface area contributed by atoms with E-state index in [0.29, 0.717) is 25.8 Å². The summed E-state index contributed by atoms with van der Waals surface area (Å²) in [6.45, 7) is 4.54. The molecule has 0 atom stereocenters. The molecule has 0 aliphatic carbocycles. The first-order valence-electron chi connectivity index (χ1n) is 8.77. The Kier molecular flexibility index (Phi) is 5.33. The number of benzene rings is 2. The molecule has 5 nitrogen and oxygen atoms in total. The minimum atomic E-state index is -0.00933. The van der Waals surface area contributed by atoms with Crippen LogP contribution in [0, 0.1) is 25.2 Å². The normalized spacial score (nSPS) is 10.7. The van der Waals surface area contributed by atoms with Gasteiger partial charge in [-0.05, 0) is 37.3 Å². The van der Waals surface area contributed by atoms with Crippen LogP contribution in [0.3, 0.4) is 0 Å². The third-order valence-corrected chi connectivity index (χ3v) is 4.63. The van der Waals surface area contributed by atoms with Crippen molar-refractivity contribution < 1.29 is 4.79 Å². The Morgan fingerprint density at radius 1 is 1.19 bits per heavy atom. The number of nitrogens with zero attached hydrogens (tertiary/aromatic N) is 3. The molecule has 3 aromatic rings. The van der Waals surface area contributed by atoms with Gasteiger partial charge in [0.15, 0.2) is 0 Å². The van der Waals surface area contributed by atoms with Crippen LogP contribution in [0.15, 0.2) is 42.5 Å². The Bertz CT molecular complexity index is 976. The van der Waals surface area contributed by atoms with E-state index >= 15 is 0 Å². The van der Waals surface area contributed by atoms with Crippen molar-refractivity contribution in [3.05, 3.63) is 59.4 Å². The highest BCUT2D eigenvalue weighted by atomic mass is 16.1. The van der Waals surface area contributed by atoms with Gasteiger partial charge in [-0.1, -0.05) is 36.4 Å². The molecule has 1 N–H and O–H groups in total. The van der Waals surface area contributed by atoms with Gasteiger partial charge in [0.25, 0.3) is 0 Å². The van der Waals surface area contributed by atoms with Gasteiger partial charge >= 0.3 is 0 Å². The van der Waals surface area contributed by atoms with E-state index in [1.54, 1.807) is 0 Å². The van der Waals surface area contributed by atoms with Crippen LogP contribution in [0.5, 0.6) is 0 Å². The molecule has 1 aromatic heterocycles. The number of rotatable bonds is 6. The van der Waals surface area contributed by atoms with Gasteiger partial charge in [-0.15, -0.1) is 0 Å². The summed E-state index contributed by atoms with van der Waals surface area (Å²) in [6.07, 6.45) is 1.47. The maximum absolute atomic E-state index is 12.4. The lowest BCUT2D eigenvalue weighted by Crippen LogP contribution is -2.13. The number of fused-ring (bicyclic) bond motifs is 1. The predicted molar refractivity (Wildman–Crippen MR) is 103 cm³/mol. The van der Waals surface area contributed by atoms with E-state index in [2.05, 4.69) is 16.5 Å². The molecule has 1 amide bonds. The zero-order valence-corrected chi connectivity index (χ0v) is 15.1. The Balaban J connectivity index is 1.68. The monoisotopic (exact) mass is 346 g/mol. The molecule has 0 radical (unpaired) electrons. The highest BCUT2D eigenvalue weighted by Gasteiger charge is 2.13. The highest BCUT2D eigenvalue weighted by molar-refractivity contribution is 6.02. The fraction of sp³-hybridized carbons (Fsp3) is 0.286. The van der Waals surface area contributed by atoms with E-state index in [4.69, 9.17) is 5.26 Å². The second kappa shape index (κ2) is 7.83. The van der Waals surface area contributed by atoms with Crippen LogP contribution >= 0.6 is 0 Å². The van der Waals surface area contributed by atoms with Crippen molar-refractivity contribution in [2.45, 2.75) is 39.7 Å². The molecule has 0 saturated heterocycles. The molecule has 0 saturated carbocycles. The van der Waals surface area contributed by atoms with Crippen molar-refractivity contribution in [3.8, 4) is 6.07 Å². The third-order valence-electron chi connectivity index (χ3n) is 4.63. The maximum atomic E-state index is 12.4. The molecule has 2 aromatic carbocycles. The Labute approximate surface area is 153 Å². The molecule has 132 valence electrons. The molecule has 0 bridgehead atoms. The van der Waals surface area contributed by atoms with Crippen molar-refractivity contribution in [1.29, 1.82) is 5.26 Å². The number of amides is 1. The molecule has 0 unspecified atom stereocenters. The summed E-state index contributed by atoms with van der Waals surface area (Å²) in [5, 5.41) is 18.4. The van der Waals surface area contributed by atoms with Gasteiger partial charge in [-0.3, -0.25) is 9.48 Å². The summed E-state index contributed by atoms with van der Waals surface area (Å²) < 4.78 is 1.86. The zero-order chi connectivity index (χ0) is 18.5. The number of aromatic nitrogens is 2. The van der Waals surface area contributed by atoms with Crippen molar-refractivity contribution >= 4 is 22.4 Å². The van der Waals surface area contributed by atoms with Gasteiger partial charge in [-0.2, -0.15) is 10.4 Å². The molecule has 0 spiro atoms. The number of nitrogens with one attached hydrogen (secondary N) is 1. The number of anilines is 1. The zero-order valence-electron chi connectivity index (χ0n) is 15.1. The van der Waals surface area contributed by atoms with Crippen LogP contribution < -0.4 is 5.32 Å². The van der Waals surface area contributed by atoms with Gasteiger partial charge in [0.1, 0.15) is 0 Å². The highest BCUT2D eigenvalue weighted by Crippen LogP contribution is 2.23.